The minimum Gasteiger partial charge on any atom is -0.380 e. The lowest BCUT2D eigenvalue weighted by molar-refractivity contribution is -0.123. The third kappa shape index (κ3) is 4.96. The fourth-order valence-corrected chi connectivity index (χ4v) is 2.66. The van der Waals surface area contributed by atoms with Gasteiger partial charge in [0.05, 0.1) is 12.5 Å². The Morgan fingerprint density at radius 2 is 2.17 bits per heavy atom. The average molecular weight is 340 g/mol. The van der Waals surface area contributed by atoms with Gasteiger partial charge in [-0.3, -0.25) is 4.79 Å². The van der Waals surface area contributed by atoms with Crippen molar-refractivity contribution in [2.45, 2.75) is 32.3 Å². The highest BCUT2D eigenvalue weighted by molar-refractivity contribution is 5.86. The first kappa shape index (κ1) is 19.5. The number of rotatable bonds is 8. The number of amides is 1. The lowest BCUT2D eigenvalue weighted by atomic mass is 10.1. The van der Waals surface area contributed by atoms with Crippen LogP contribution in [-0.2, 0) is 22.4 Å². The smallest absolute Gasteiger partial charge is 0.222 e. The van der Waals surface area contributed by atoms with Crippen molar-refractivity contribution in [1.82, 2.24) is 10.3 Å². The van der Waals surface area contributed by atoms with Gasteiger partial charge in [-0.2, -0.15) is 0 Å². The molecular weight excluding hydrogens is 314 g/mol. The Labute approximate surface area is 143 Å². The largest absolute Gasteiger partial charge is 0.380 e. The number of aromatic amines is 1. The van der Waals surface area contributed by atoms with E-state index in [0.29, 0.717) is 19.5 Å². The molecule has 2 aromatic rings. The maximum atomic E-state index is 11.8. The summed E-state index contributed by atoms with van der Waals surface area (Å²) in [6, 6.07) is 6.35. The maximum absolute atomic E-state index is 11.8. The molecule has 1 aromatic heterocycles. The van der Waals surface area contributed by atoms with E-state index >= 15 is 0 Å². The van der Waals surface area contributed by atoms with Gasteiger partial charge in [0.2, 0.25) is 5.91 Å². The predicted molar refractivity (Wildman–Crippen MR) is 96.1 cm³/mol. The summed E-state index contributed by atoms with van der Waals surface area (Å²) in [5.74, 6) is -0.0219. The van der Waals surface area contributed by atoms with E-state index in [1.165, 1.54) is 22.0 Å². The molecular formula is C17H26ClN3O2. The minimum atomic E-state index is -0.208. The second-order valence-electron chi connectivity index (χ2n) is 5.40. The Hall–Kier alpha value is -1.56. The number of nitrogens with one attached hydrogen (secondary N) is 2. The second kappa shape index (κ2) is 9.55. The highest BCUT2D eigenvalue weighted by Gasteiger charge is 2.11. The molecule has 0 aliphatic rings. The van der Waals surface area contributed by atoms with Crippen molar-refractivity contribution in [2.24, 2.45) is 5.73 Å². The SMILES string of the molecule is CCc1cccc2c(CCNC(=O)CC(CN)OC)c[nH]c12.Cl. The third-order valence-corrected chi connectivity index (χ3v) is 3.99. The molecule has 1 atom stereocenters. The second-order valence-corrected chi connectivity index (χ2v) is 5.40. The molecule has 1 aromatic carbocycles. The maximum Gasteiger partial charge on any atom is 0.222 e. The Morgan fingerprint density at radius 1 is 1.39 bits per heavy atom. The standard InChI is InChI=1S/C17H25N3O2.ClH/c1-3-12-5-4-6-15-13(11-20-17(12)15)7-8-19-16(21)9-14(10-18)22-2;/h4-6,11,14,20H,3,7-10,18H2,1-2H3,(H,19,21);1H. The number of aromatic nitrogens is 1. The first-order valence-electron chi connectivity index (χ1n) is 7.77. The molecule has 5 nitrogen and oxygen atoms in total. The van der Waals surface area contributed by atoms with Crippen LogP contribution in [0.15, 0.2) is 24.4 Å². The van der Waals surface area contributed by atoms with Gasteiger partial charge in [-0.1, -0.05) is 25.1 Å². The summed E-state index contributed by atoms with van der Waals surface area (Å²) in [4.78, 5) is 15.2. The highest BCUT2D eigenvalue weighted by atomic mass is 35.5. The van der Waals surface area contributed by atoms with Gasteiger partial charge in [-0.05, 0) is 24.0 Å². The predicted octanol–water partition coefficient (Wildman–Crippen LogP) is 2.17. The van der Waals surface area contributed by atoms with Gasteiger partial charge in [0.15, 0.2) is 0 Å². The van der Waals surface area contributed by atoms with Crippen molar-refractivity contribution >= 4 is 29.2 Å². The van der Waals surface area contributed by atoms with Gasteiger partial charge in [0.25, 0.3) is 0 Å². The number of halogens is 1. The molecule has 0 fully saturated rings. The van der Waals surface area contributed by atoms with Gasteiger partial charge < -0.3 is 20.8 Å². The number of aryl methyl sites for hydroxylation is 1. The van der Waals surface area contributed by atoms with E-state index in [-0.39, 0.29) is 24.4 Å². The Balaban J connectivity index is 0.00000264. The number of ether oxygens (including phenoxy) is 1. The molecule has 0 bridgehead atoms. The lowest BCUT2D eigenvalue weighted by Gasteiger charge is -2.12. The molecule has 0 radical (unpaired) electrons. The zero-order chi connectivity index (χ0) is 15.9. The minimum absolute atomic E-state index is 0. The summed E-state index contributed by atoms with van der Waals surface area (Å²) in [5.41, 5.74) is 9.27. The van der Waals surface area contributed by atoms with Crippen molar-refractivity contribution in [1.29, 1.82) is 0 Å². The van der Waals surface area contributed by atoms with Crippen molar-refractivity contribution in [3.05, 3.63) is 35.5 Å². The molecule has 0 aliphatic heterocycles. The number of carbonyl (C=O) groups excluding carboxylic acids is 1. The van der Waals surface area contributed by atoms with Gasteiger partial charge in [-0.15, -0.1) is 12.4 Å². The van der Waals surface area contributed by atoms with Crippen LogP contribution in [0, 0.1) is 0 Å². The Bertz CT molecular complexity index is 623. The summed E-state index contributed by atoms with van der Waals surface area (Å²) >= 11 is 0. The van der Waals surface area contributed by atoms with E-state index in [2.05, 4.69) is 35.4 Å². The summed E-state index contributed by atoms with van der Waals surface area (Å²) < 4.78 is 5.11. The topological polar surface area (TPSA) is 80.1 Å². The van der Waals surface area contributed by atoms with Crippen LogP contribution >= 0.6 is 12.4 Å². The van der Waals surface area contributed by atoms with Gasteiger partial charge >= 0.3 is 0 Å². The van der Waals surface area contributed by atoms with Crippen LogP contribution in [0.1, 0.15) is 24.5 Å². The number of carbonyl (C=O) groups is 1. The number of para-hydroxylation sites is 1. The molecule has 0 saturated carbocycles. The van der Waals surface area contributed by atoms with Crippen molar-refractivity contribution in [3.63, 3.8) is 0 Å². The average Bonchev–Trinajstić information content (AvgIpc) is 2.96. The van der Waals surface area contributed by atoms with Crippen molar-refractivity contribution < 1.29 is 9.53 Å². The van der Waals surface area contributed by atoms with Gasteiger partial charge in [0.1, 0.15) is 0 Å². The quantitative estimate of drug-likeness (QED) is 0.689. The van der Waals surface area contributed by atoms with Crippen LogP contribution in [0.4, 0.5) is 0 Å². The fraction of sp³-hybridized carbons (Fsp3) is 0.471. The summed E-state index contributed by atoms with van der Waals surface area (Å²) in [5, 5.41) is 4.17. The molecule has 128 valence electrons. The summed E-state index contributed by atoms with van der Waals surface area (Å²) in [6.07, 6.45) is 3.94. The van der Waals surface area contributed by atoms with Crippen LogP contribution < -0.4 is 11.1 Å². The third-order valence-electron chi connectivity index (χ3n) is 3.99. The van der Waals surface area contributed by atoms with Crippen molar-refractivity contribution in [3.8, 4) is 0 Å². The van der Waals surface area contributed by atoms with Crippen molar-refractivity contribution in [2.75, 3.05) is 20.2 Å². The summed E-state index contributed by atoms with van der Waals surface area (Å²) in [6.45, 7) is 3.12. The molecule has 0 aliphatic carbocycles. The monoisotopic (exact) mass is 339 g/mol. The first-order valence-corrected chi connectivity index (χ1v) is 7.77. The Morgan fingerprint density at radius 3 is 2.83 bits per heavy atom. The number of H-pyrrole nitrogens is 1. The van der Waals surface area contributed by atoms with Crippen LogP contribution in [0.5, 0.6) is 0 Å². The van der Waals surface area contributed by atoms with Crippen LogP contribution in [0.25, 0.3) is 10.9 Å². The first-order chi connectivity index (χ1) is 10.7. The number of fused-ring (bicyclic) bond motifs is 1. The Kier molecular flexibility index (Phi) is 8.09. The van der Waals surface area contributed by atoms with Gasteiger partial charge in [0, 0.05) is 37.3 Å². The van der Waals surface area contributed by atoms with E-state index in [4.69, 9.17) is 10.5 Å². The normalized spacial score (nSPS) is 12.0. The van der Waals surface area contributed by atoms with E-state index in [9.17, 15) is 4.79 Å². The fourth-order valence-electron chi connectivity index (χ4n) is 2.66. The molecule has 4 N–H and O–H groups in total. The van der Waals surface area contributed by atoms with E-state index < -0.39 is 0 Å². The number of hydrogen-bond donors (Lipinski definition) is 3. The van der Waals surface area contributed by atoms with Crippen LogP contribution in [0.3, 0.4) is 0 Å². The van der Waals surface area contributed by atoms with Crippen LogP contribution in [-0.4, -0.2) is 37.2 Å². The zero-order valence-corrected chi connectivity index (χ0v) is 14.5. The van der Waals surface area contributed by atoms with E-state index in [1.807, 2.05) is 6.20 Å². The number of benzene rings is 1. The molecule has 1 heterocycles. The molecule has 0 saturated heterocycles. The molecule has 2 rings (SSSR count). The number of methoxy groups -OCH3 is 1. The molecule has 1 amide bonds. The zero-order valence-electron chi connectivity index (χ0n) is 13.7. The molecule has 1 unspecified atom stereocenters. The van der Waals surface area contributed by atoms with E-state index in [1.54, 1.807) is 7.11 Å². The van der Waals surface area contributed by atoms with E-state index in [0.717, 1.165) is 12.8 Å². The molecule has 6 heteroatoms. The van der Waals surface area contributed by atoms with Crippen LogP contribution in [0.2, 0.25) is 0 Å². The lowest BCUT2D eigenvalue weighted by Crippen LogP contribution is -2.33. The summed E-state index contributed by atoms with van der Waals surface area (Å²) in [7, 11) is 1.57. The number of nitrogens with two attached hydrogens (primary N) is 1. The highest BCUT2D eigenvalue weighted by Crippen LogP contribution is 2.22. The van der Waals surface area contributed by atoms with Gasteiger partial charge in [-0.25, -0.2) is 0 Å². The number of hydrogen-bond acceptors (Lipinski definition) is 3. The molecule has 23 heavy (non-hydrogen) atoms. The molecule has 0 spiro atoms.